The van der Waals surface area contributed by atoms with Crippen LogP contribution < -0.4 is 15.4 Å². The van der Waals surface area contributed by atoms with Gasteiger partial charge >= 0.3 is 6.03 Å². The number of urea groups is 1. The van der Waals surface area contributed by atoms with Gasteiger partial charge in [-0.05, 0) is 56.0 Å². The van der Waals surface area contributed by atoms with Gasteiger partial charge in [0, 0.05) is 11.1 Å². The van der Waals surface area contributed by atoms with Crippen LogP contribution >= 0.6 is 0 Å². The summed E-state index contributed by atoms with van der Waals surface area (Å²) in [6.45, 7) is 10.4. The molecule has 0 aliphatic rings. The molecule has 2 aromatic heterocycles. The lowest BCUT2D eigenvalue weighted by atomic mass is 9.82. The van der Waals surface area contributed by atoms with Crippen LogP contribution in [-0.2, 0) is 0 Å². The lowest BCUT2D eigenvalue weighted by Gasteiger charge is -2.33. The number of methoxy groups -OCH3 is 1. The molecule has 0 atom stereocenters. The predicted molar refractivity (Wildman–Crippen MR) is 121 cm³/mol. The van der Waals surface area contributed by atoms with Gasteiger partial charge in [0.1, 0.15) is 5.52 Å². The Hall–Kier alpha value is -3.42. The number of carbonyl (C=O) groups excluding carboxylic acids is 1. The first kappa shape index (κ1) is 22.3. The van der Waals surface area contributed by atoms with Gasteiger partial charge in [0.2, 0.25) is 0 Å². The summed E-state index contributed by atoms with van der Waals surface area (Å²) in [5, 5.41) is 15.5. The molecule has 31 heavy (non-hydrogen) atoms. The molecule has 3 N–H and O–H groups in total. The third-order valence-corrected chi connectivity index (χ3v) is 4.55. The van der Waals surface area contributed by atoms with Crippen LogP contribution in [0, 0.1) is 5.41 Å². The predicted octanol–water partition coefficient (Wildman–Crippen LogP) is 4.74. The maximum atomic E-state index is 12.5. The fourth-order valence-corrected chi connectivity index (χ4v) is 3.78. The molecule has 164 valence electrons. The van der Waals surface area contributed by atoms with Crippen molar-refractivity contribution in [2.45, 2.75) is 46.6 Å². The molecule has 2 amide bonds. The summed E-state index contributed by atoms with van der Waals surface area (Å²) < 4.78 is 5.17. The van der Waals surface area contributed by atoms with Crippen LogP contribution in [0.15, 0.2) is 36.5 Å². The van der Waals surface area contributed by atoms with Crippen molar-refractivity contribution in [3.05, 3.63) is 36.5 Å². The standard InChI is InChI=1S/C23H29N5O3/c1-22(2,3)13-23(4,5)28-21(30)27-19-12-24-16-9-8-15(25-20(16)26-19)14-7-10-17(29)18(11-14)31-6/h7-12,29H,13H2,1-6H3,(H2,25,26,27,28,30). The van der Waals surface area contributed by atoms with Gasteiger partial charge in [0.25, 0.3) is 0 Å². The maximum absolute atomic E-state index is 12.5. The number of phenols is 1. The molecule has 0 aliphatic carbocycles. The van der Waals surface area contributed by atoms with Crippen LogP contribution in [-0.4, -0.2) is 38.7 Å². The van der Waals surface area contributed by atoms with Gasteiger partial charge in [0.05, 0.1) is 19.0 Å². The van der Waals surface area contributed by atoms with Crippen molar-refractivity contribution in [2.24, 2.45) is 5.41 Å². The average molecular weight is 424 g/mol. The van der Waals surface area contributed by atoms with E-state index in [2.05, 4.69) is 46.4 Å². The molecule has 0 aliphatic heterocycles. The molecule has 0 fully saturated rings. The lowest BCUT2D eigenvalue weighted by Crippen LogP contribution is -2.47. The van der Waals surface area contributed by atoms with Crippen molar-refractivity contribution in [1.29, 1.82) is 0 Å². The number of hydrogen-bond donors (Lipinski definition) is 3. The summed E-state index contributed by atoms with van der Waals surface area (Å²) in [5.74, 6) is 0.721. The van der Waals surface area contributed by atoms with Crippen molar-refractivity contribution in [2.75, 3.05) is 12.4 Å². The second-order valence-electron chi connectivity index (χ2n) is 9.38. The van der Waals surface area contributed by atoms with Gasteiger partial charge < -0.3 is 15.2 Å². The van der Waals surface area contributed by atoms with Crippen LogP contribution in [0.1, 0.15) is 41.0 Å². The normalized spacial score (nSPS) is 11.9. The smallest absolute Gasteiger partial charge is 0.320 e. The third-order valence-electron chi connectivity index (χ3n) is 4.55. The van der Waals surface area contributed by atoms with Gasteiger partial charge in [0.15, 0.2) is 23.0 Å². The molecule has 3 rings (SSSR count). The highest BCUT2D eigenvalue weighted by Gasteiger charge is 2.27. The summed E-state index contributed by atoms with van der Waals surface area (Å²) in [5.41, 5.74) is 2.11. The van der Waals surface area contributed by atoms with E-state index in [9.17, 15) is 9.90 Å². The molecule has 3 aromatic rings. The zero-order valence-electron chi connectivity index (χ0n) is 18.8. The molecule has 0 spiro atoms. The van der Waals surface area contributed by atoms with E-state index in [4.69, 9.17) is 4.74 Å². The summed E-state index contributed by atoms with van der Waals surface area (Å²) in [6, 6.07) is 8.27. The number of anilines is 1. The second kappa shape index (κ2) is 8.37. The maximum Gasteiger partial charge on any atom is 0.320 e. The first-order valence-electron chi connectivity index (χ1n) is 10.1. The van der Waals surface area contributed by atoms with Gasteiger partial charge in [-0.25, -0.2) is 19.7 Å². The van der Waals surface area contributed by atoms with Crippen molar-refractivity contribution in [3.8, 4) is 22.8 Å². The number of pyridine rings is 1. The van der Waals surface area contributed by atoms with Crippen molar-refractivity contribution < 1.29 is 14.6 Å². The van der Waals surface area contributed by atoms with Gasteiger partial charge in [-0.3, -0.25) is 5.32 Å². The number of ether oxygens (including phenoxy) is 1. The van der Waals surface area contributed by atoms with Crippen molar-refractivity contribution >= 4 is 23.0 Å². The fraction of sp³-hybridized carbons (Fsp3) is 0.391. The van der Waals surface area contributed by atoms with Crippen LogP contribution in [0.25, 0.3) is 22.4 Å². The van der Waals surface area contributed by atoms with Crippen LogP contribution in [0.3, 0.4) is 0 Å². The SMILES string of the molecule is COc1cc(-c2ccc3ncc(NC(=O)NC(C)(C)CC(C)(C)C)nc3n2)ccc1O. The Morgan fingerprint density at radius 2 is 1.84 bits per heavy atom. The van der Waals surface area contributed by atoms with Crippen LogP contribution in [0.2, 0.25) is 0 Å². The summed E-state index contributed by atoms with van der Waals surface area (Å²) in [6.07, 6.45) is 2.32. The van der Waals surface area contributed by atoms with Crippen molar-refractivity contribution in [3.63, 3.8) is 0 Å². The van der Waals surface area contributed by atoms with E-state index >= 15 is 0 Å². The van der Waals surface area contributed by atoms with Gasteiger partial charge in [-0.15, -0.1) is 0 Å². The Labute approximate surface area is 182 Å². The molecule has 0 bridgehead atoms. The minimum atomic E-state index is -0.379. The van der Waals surface area contributed by atoms with E-state index in [0.29, 0.717) is 28.4 Å². The minimum Gasteiger partial charge on any atom is -0.504 e. The molecular formula is C23H29N5O3. The number of aromatic nitrogens is 3. The molecule has 0 saturated heterocycles. The second-order valence-corrected chi connectivity index (χ2v) is 9.38. The van der Waals surface area contributed by atoms with E-state index in [1.165, 1.54) is 13.3 Å². The van der Waals surface area contributed by atoms with Gasteiger partial charge in [-0.1, -0.05) is 20.8 Å². The Morgan fingerprint density at radius 1 is 1.10 bits per heavy atom. The molecule has 0 saturated carbocycles. The quantitative estimate of drug-likeness (QED) is 0.547. The summed E-state index contributed by atoms with van der Waals surface area (Å²) in [4.78, 5) is 25.8. The number of benzene rings is 1. The van der Waals surface area contributed by atoms with E-state index < -0.39 is 0 Å². The van der Waals surface area contributed by atoms with Crippen molar-refractivity contribution in [1.82, 2.24) is 20.3 Å². The molecule has 8 heteroatoms. The van der Waals surface area contributed by atoms with Crippen LogP contribution in [0.4, 0.5) is 10.6 Å². The van der Waals surface area contributed by atoms with Crippen LogP contribution in [0.5, 0.6) is 11.5 Å². The Balaban J connectivity index is 1.81. The largest absolute Gasteiger partial charge is 0.504 e. The van der Waals surface area contributed by atoms with E-state index in [1.807, 2.05) is 19.9 Å². The zero-order valence-corrected chi connectivity index (χ0v) is 18.8. The number of phenolic OH excluding ortho intramolecular Hbond substituents is 1. The Bertz CT molecular complexity index is 1110. The highest BCUT2D eigenvalue weighted by molar-refractivity contribution is 5.89. The summed E-state index contributed by atoms with van der Waals surface area (Å²) in [7, 11) is 1.49. The number of aromatic hydroxyl groups is 1. The molecule has 2 heterocycles. The molecule has 1 aromatic carbocycles. The molecule has 8 nitrogen and oxygen atoms in total. The lowest BCUT2D eigenvalue weighted by molar-refractivity contribution is 0.220. The number of fused-ring (bicyclic) bond motifs is 1. The Morgan fingerprint density at radius 3 is 2.52 bits per heavy atom. The zero-order chi connectivity index (χ0) is 22.8. The van der Waals surface area contributed by atoms with E-state index in [0.717, 1.165) is 12.0 Å². The molecule has 0 radical (unpaired) electrons. The molecule has 0 unspecified atom stereocenters. The highest BCUT2D eigenvalue weighted by Crippen LogP contribution is 2.31. The van der Waals surface area contributed by atoms with E-state index in [1.54, 1.807) is 24.3 Å². The monoisotopic (exact) mass is 423 g/mol. The first-order valence-corrected chi connectivity index (χ1v) is 10.1. The first-order chi connectivity index (χ1) is 14.5. The number of rotatable bonds is 5. The Kier molecular flexibility index (Phi) is 6.01. The van der Waals surface area contributed by atoms with E-state index in [-0.39, 0.29) is 22.7 Å². The minimum absolute atomic E-state index is 0.0544. The topological polar surface area (TPSA) is 109 Å². The molecular weight excluding hydrogens is 394 g/mol. The number of amides is 2. The number of hydrogen-bond acceptors (Lipinski definition) is 6. The third kappa shape index (κ3) is 5.81. The highest BCUT2D eigenvalue weighted by atomic mass is 16.5. The fourth-order valence-electron chi connectivity index (χ4n) is 3.78. The average Bonchev–Trinajstić information content (AvgIpc) is 2.65. The van der Waals surface area contributed by atoms with Gasteiger partial charge in [-0.2, -0.15) is 0 Å². The number of nitrogens with one attached hydrogen (secondary N) is 2. The summed E-state index contributed by atoms with van der Waals surface area (Å²) >= 11 is 0. The number of carbonyl (C=O) groups is 1. The number of nitrogens with zero attached hydrogens (tertiary/aromatic N) is 3.